The number of benzene rings is 3. The number of hydrogen-bond donors (Lipinski definition) is 1. The molecule has 5 heteroatoms. The van der Waals surface area contributed by atoms with Crippen LogP contribution in [0.15, 0.2) is 91.6 Å². The highest BCUT2D eigenvalue weighted by Crippen LogP contribution is 2.29. The molecule has 0 atom stereocenters. The number of hydrogen-bond acceptors (Lipinski definition) is 4. The van der Waals surface area contributed by atoms with E-state index in [-0.39, 0.29) is 18.2 Å². The van der Waals surface area contributed by atoms with Gasteiger partial charge >= 0.3 is 0 Å². The van der Waals surface area contributed by atoms with Crippen molar-refractivity contribution in [3.63, 3.8) is 0 Å². The molecule has 0 spiro atoms. The van der Waals surface area contributed by atoms with E-state index in [1.54, 1.807) is 30.5 Å². The van der Waals surface area contributed by atoms with Crippen molar-refractivity contribution in [2.45, 2.75) is 13.5 Å². The second-order valence-corrected chi connectivity index (χ2v) is 7.71. The molecule has 1 amide bonds. The molecule has 1 heterocycles. The van der Waals surface area contributed by atoms with Gasteiger partial charge in [-0.05, 0) is 47.4 Å². The van der Waals surface area contributed by atoms with Crippen LogP contribution < -0.4 is 10.1 Å². The maximum absolute atomic E-state index is 13.0. The van der Waals surface area contributed by atoms with Gasteiger partial charge in [-0.1, -0.05) is 67.3 Å². The van der Waals surface area contributed by atoms with E-state index in [4.69, 9.17) is 10.00 Å². The van der Waals surface area contributed by atoms with E-state index < -0.39 is 0 Å². The number of pyridine rings is 1. The summed E-state index contributed by atoms with van der Waals surface area (Å²) in [6, 6.07) is 26.8. The lowest BCUT2D eigenvalue weighted by atomic mass is 9.99. The molecule has 1 aromatic heterocycles. The summed E-state index contributed by atoms with van der Waals surface area (Å²) in [7, 11) is 0. The summed E-state index contributed by atoms with van der Waals surface area (Å²) < 4.78 is 5.95. The number of carbonyl (C=O) groups excluding carboxylic acids is 1. The second-order valence-electron chi connectivity index (χ2n) is 7.71. The fourth-order valence-corrected chi connectivity index (χ4v) is 3.63. The Morgan fingerprint density at radius 2 is 1.88 bits per heavy atom. The number of aromatic nitrogens is 1. The lowest BCUT2D eigenvalue weighted by molar-refractivity contribution is 0.102. The molecule has 1 N–H and O–H groups in total. The maximum Gasteiger partial charge on any atom is 0.274 e. The van der Waals surface area contributed by atoms with Crippen LogP contribution in [0.2, 0.25) is 0 Å². The Kier molecular flexibility index (Phi) is 6.81. The molecule has 0 radical (unpaired) electrons. The molecule has 0 bridgehead atoms. The predicted molar refractivity (Wildman–Crippen MR) is 134 cm³/mol. The molecule has 166 valence electrons. The fraction of sp³-hybridized carbons (Fsp3) is 0.0690. The summed E-state index contributed by atoms with van der Waals surface area (Å²) in [5.41, 5.74) is 6.15. The Balaban J connectivity index is 1.55. The van der Waals surface area contributed by atoms with Crippen molar-refractivity contribution in [1.29, 1.82) is 5.26 Å². The first-order chi connectivity index (χ1) is 16.6. The van der Waals surface area contributed by atoms with Crippen LogP contribution in [-0.2, 0) is 6.61 Å². The standard InChI is InChI=1S/C29H23N3O2/c1-3-23-18-31-27(16-28(23)34-19-22-10-7-9-21(15-22)17-30)29(33)32-26-14-8-13-25(20(26)2)24-11-5-4-6-12-24/h3-16,18H,1,19H2,2H3,(H,32,33). The number of carbonyl (C=O) groups is 1. The van der Waals surface area contributed by atoms with Crippen molar-refractivity contribution in [2.75, 3.05) is 5.32 Å². The first kappa shape index (κ1) is 22.5. The first-order valence-corrected chi connectivity index (χ1v) is 10.8. The Bertz CT molecular complexity index is 1390. The van der Waals surface area contributed by atoms with E-state index in [1.165, 1.54) is 0 Å². The average molecular weight is 446 g/mol. The number of amides is 1. The molecule has 0 unspecified atom stereocenters. The highest BCUT2D eigenvalue weighted by Gasteiger charge is 2.14. The smallest absolute Gasteiger partial charge is 0.274 e. The van der Waals surface area contributed by atoms with E-state index in [0.717, 1.165) is 27.9 Å². The van der Waals surface area contributed by atoms with Crippen molar-refractivity contribution in [3.8, 4) is 22.9 Å². The minimum Gasteiger partial charge on any atom is -0.488 e. The molecule has 0 fully saturated rings. The van der Waals surface area contributed by atoms with Gasteiger partial charge in [-0.25, -0.2) is 0 Å². The predicted octanol–water partition coefficient (Wildman–Crippen LogP) is 6.40. The fourth-order valence-electron chi connectivity index (χ4n) is 3.63. The minimum atomic E-state index is -0.333. The van der Waals surface area contributed by atoms with Gasteiger partial charge in [-0.2, -0.15) is 5.26 Å². The SMILES string of the molecule is C=Cc1cnc(C(=O)Nc2cccc(-c3ccccc3)c2C)cc1OCc1cccc(C#N)c1. The molecule has 5 nitrogen and oxygen atoms in total. The molecule has 4 aromatic rings. The van der Waals surface area contributed by atoms with Crippen molar-refractivity contribution >= 4 is 17.7 Å². The summed E-state index contributed by atoms with van der Waals surface area (Å²) in [6.07, 6.45) is 3.19. The second kappa shape index (κ2) is 10.3. The third-order valence-electron chi connectivity index (χ3n) is 5.46. The Labute approximate surface area is 199 Å². The van der Waals surface area contributed by atoms with Gasteiger partial charge in [0.05, 0.1) is 11.6 Å². The molecule has 0 aliphatic heterocycles. The average Bonchev–Trinajstić information content (AvgIpc) is 2.89. The molecule has 0 saturated carbocycles. The van der Waals surface area contributed by atoms with Gasteiger partial charge in [0.2, 0.25) is 0 Å². The third-order valence-corrected chi connectivity index (χ3v) is 5.46. The Morgan fingerprint density at radius 1 is 1.09 bits per heavy atom. The molecule has 0 saturated heterocycles. The molecule has 3 aromatic carbocycles. The monoisotopic (exact) mass is 445 g/mol. The lowest BCUT2D eigenvalue weighted by Crippen LogP contribution is -2.15. The Morgan fingerprint density at radius 3 is 2.65 bits per heavy atom. The van der Waals surface area contributed by atoms with Crippen LogP contribution in [0.3, 0.4) is 0 Å². The molecular formula is C29H23N3O2. The third kappa shape index (κ3) is 5.03. The van der Waals surface area contributed by atoms with Crippen LogP contribution in [0.25, 0.3) is 17.2 Å². The zero-order valence-electron chi connectivity index (χ0n) is 18.8. The van der Waals surface area contributed by atoms with Gasteiger partial charge in [0.15, 0.2) is 0 Å². The van der Waals surface area contributed by atoms with Crippen LogP contribution in [0.4, 0.5) is 5.69 Å². The lowest BCUT2D eigenvalue weighted by Gasteiger charge is -2.14. The van der Waals surface area contributed by atoms with Gasteiger partial charge in [-0.3, -0.25) is 9.78 Å². The minimum absolute atomic E-state index is 0.232. The van der Waals surface area contributed by atoms with E-state index in [0.29, 0.717) is 16.9 Å². The molecular weight excluding hydrogens is 422 g/mol. The highest BCUT2D eigenvalue weighted by molar-refractivity contribution is 6.04. The summed E-state index contributed by atoms with van der Waals surface area (Å²) in [5.74, 6) is 0.160. The van der Waals surface area contributed by atoms with Crippen molar-refractivity contribution in [2.24, 2.45) is 0 Å². The van der Waals surface area contributed by atoms with Gasteiger partial charge in [0, 0.05) is 23.5 Å². The normalized spacial score (nSPS) is 10.2. The van der Waals surface area contributed by atoms with Crippen LogP contribution in [0.5, 0.6) is 5.75 Å². The summed E-state index contributed by atoms with van der Waals surface area (Å²) >= 11 is 0. The summed E-state index contributed by atoms with van der Waals surface area (Å²) in [5, 5.41) is 12.1. The van der Waals surface area contributed by atoms with Crippen molar-refractivity contribution in [3.05, 3.63) is 120 Å². The van der Waals surface area contributed by atoms with Gasteiger partial charge < -0.3 is 10.1 Å². The van der Waals surface area contributed by atoms with Crippen LogP contribution in [0, 0.1) is 18.3 Å². The topological polar surface area (TPSA) is 75.0 Å². The molecule has 0 aliphatic carbocycles. The van der Waals surface area contributed by atoms with Crippen LogP contribution in [-0.4, -0.2) is 10.9 Å². The van der Waals surface area contributed by atoms with Gasteiger partial charge in [-0.15, -0.1) is 0 Å². The summed E-state index contributed by atoms with van der Waals surface area (Å²) in [4.78, 5) is 17.3. The van der Waals surface area contributed by atoms with Gasteiger partial charge in [0.25, 0.3) is 5.91 Å². The molecule has 0 aliphatic rings. The quantitative estimate of drug-likeness (QED) is 0.357. The number of anilines is 1. The zero-order chi connectivity index (χ0) is 23.9. The van der Waals surface area contributed by atoms with Crippen LogP contribution >= 0.6 is 0 Å². The number of rotatable bonds is 7. The first-order valence-electron chi connectivity index (χ1n) is 10.8. The van der Waals surface area contributed by atoms with E-state index in [2.05, 4.69) is 22.9 Å². The maximum atomic E-state index is 13.0. The van der Waals surface area contributed by atoms with E-state index in [9.17, 15) is 4.79 Å². The number of nitrogens with zero attached hydrogens (tertiary/aromatic N) is 2. The molecule has 34 heavy (non-hydrogen) atoms. The van der Waals surface area contributed by atoms with E-state index in [1.807, 2.05) is 67.6 Å². The molecule has 4 rings (SSSR count). The number of ether oxygens (including phenoxy) is 1. The van der Waals surface area contributed by atoms with Gasteiger partial charge in [0.1, 0.15) is 18.1 Å². The number of nitriles is 1. The zero-order valence-corrected chi connectivity index (χ0v) is 18.8. The van der Waals surface area contributed by atoms with Crippen molar-refractivity contribution in [1.82, 2.24) is 4.98 Å². The van der Waals surface area contributed by atoms with E-state index >= 15 is 0 Å². The number of nitrogens with one attached hydrogen (secondary N) is 1. The summed E-state index contributed by atoms with van der Waals surface area (Å²) in [6.45, 7) is 6.03. The largest absolute Gasteiger partial charge is 0.488 e. The van der Waals surface area contributed by atoms with Crippen LogP contribution in [0.1, 0.15) is 32.7 Å². The highest BCUT2D eigenvalue weighted by atomic mass is 16.5. The Hall–Kier alpha value is -4.69. The van der Waals surface area contributed by atoms with Crippen molar-refractivity contribution < 1.29 is 9.53 Å².